The van der Waals surface area contributed by atoms with E-state index >= 15 is 0 Å². The van der Waals surface area contributed by atoms with E-state index in [4.69, 9.17) is 4.74 Å². The fourth-order valence-corrected chi connectivity index (χ4v) is 2.10. The lowest BCUT2D eigenvalue weighted by atomic mass is 9.90. The number of aliphatic hydroxyl groups is 1. The standard InChI is InChI=1S/C15H15F3O2/c1-3-20-11-7-8-12-10(9-11)5-4-6-13(12)14(2,19)15(16,17)18/h4-9,19H,3H2,1-2H3. The molecule has 0 aliphatic rings. The molecule has 0 spiro atoms. The first-order valence-electron chi connectivity index (χ1n) is 6.22. The Kier molecular flexibility index (Phi) is 3.65. The van der Waals surface area contributed by atoms with Crippen LogP contribution in [0.2, 0.25) is 0 Å². The van der Waals surface area contributed by atoms with Crippen LogP contribution in [0.1, 0.15) is 19.4 Å². The summed E-state index contributed by atoms with van der Waals surface area (Å²) in [4.78, 5) is 0. The first kappa shape index (κ1) is 14.7. The first-order valence-corrected chi connectivity index (χ1v) is 6.22. The molecule has 0 saturated heterocycles. The average Bonchev–Trinajstić information content (AvgIpc) is 2.36. The van der Waals surface area contributed by atoms with Crippen LogP contribution in [0.5, 0.6) is 5.75 Å². The van der Waals surface area contributed by atoms with Gasteiger partial charge >= 0.3 is 6.18 Å². The quantitative estimate of drug-likeness (QED) is 0.922. The first-order chi connectivity index (χ1) is 9.27. The van der Waals surface area contributed by atoms with Crippen molar-refractivity contribution >= 4 is 10.8 Å². The molecular formula is C15H15F3O2. The van der Waals surface area contributed by atoms with Crippen molar-refractivity contribution in [2.45, 2.75) is 25.6 Å². The van der Waals surface area contributed by atoms with E-state index in [0.717, 1.165) is 6.92 Å². The molecule has 0 amide bonds. The third-order valence-electron chi connectivity index (χ3n) is 3.24. The lowest BCUT2D eigenvalue weighted by Crippen LogP contribution is -2.39. The van der Waals surface area contributed by atoms with E-state index < -0.39 is 11.8 Å². The maximum absolute atomic E-state index is 13.0. The number of rotatable bonds is 3. The van der Waals surface area contributed by atoms with E-state index in [1.54, 1.807) is 18.2 Å². The fraction of sp³-hybridized carbons (Fsp3) is 0.333. The molecule has 5 heteroatoms. The lowest BCUT2D eigenvalue weighted by Gasteiger charge is -2.28. The minimum atomic E-state index is -4.74. The second kappa shape index (κ2) is 4.98. The number of ether oxygens (including phenoxy) is 1. The monoisotopic (exact) mass is 284 g/mol. The van der Waals surface area contributed by atoms with Crippen LogP contribution in [0, 0.1) is 0 Å². The van der Waals surface area contributed by atoms with Gasteiger partial charge in [0.25, 0.3) is 0 Å². The highest BCUT2D eigenvalue weighted by molar-refractivity contribution is 5.87. The Bertz CT molecular complexity index is 618. The lowest BCUT2D eigenvalue weighted by molar-refractivity contribution is -0.258. The second-order valence-corrected chi connectivity index (χ2v) is 4.69. The normalized spacial score (nSPS) is 15.1. The summed E-state index contributed by atoms with van der Waals surface area (Å²) >= 11 is 0. The van der Waals surface area contributed by atoms with Gasteiger partial charge in [-0.05, 0) is 36.8 Å². The Morgan fingerprint density at radius 2 is 1.85 bits per heavy atom. The predicted octanol–water partition coefficient (Wildman–Crippen LogP) is 4.01. The van der Waals surface area contributed by atoms with Crippen LogP contribution in [-0.2, 0) is 5.60 Å². The van der Waals surface area contributed by atoms with Crippen molar-refractivity contribution in [2.24, 2.45) is 0 Å². The van der Waals surface area contributed by atoms with Gasteiger partial charge in [0.1, 0.15) is 5.75 Å². The maximum Gasteiger partial charge on any atom is 0.421 e. The van der Waals surface area contributed by atoms with Gasteiger partial charge in [-0.1, -0.05) is 24.3 Å². The zero-order chi connectivity index (χ0) is 15.0. The van der Waals surface area contributed by atoms with Crippen LogP contribution < -0.4 is 4.74 Å². The third kappa shape index (κ3) is 2.45. The van der Waals surface area contributed by atoms with Gasteiger partial charge in [0.15, 0.2) is 5.60 Å². The summed E-state index contributed by atoms with van der Waals surface area (Å²) in [5.41, 5.74) is -3.05. The minimum Gasteiger partial charge on any atom is -0.494 e. The molecule has 0 bridgehead atoms. The minimum absolute atomic E-state index is 0.162. The van der Waals surface area contributed by atoms with Crippen molar-refractivity contribution in [2.75, 3.05) is 6.61 Å². The summed E-state index contributed by atoms with van der Waals surface area (Å²) in [5, 5.41) is 10.8. The van der Waals surface area contributed by atoms with Crippen molar-refractivity contribution < 1.29 is 23.0 Å². The summed E-state index contributed by atoms with van der Waals surface area (Å²) in [6, 6.07) is 9.27. The summed E-state index contributed by atoms with van der Waals surface area (Å²) in [5.74, 6) is 0.587. The number of halogens is 3. The van der Waals surface area contributed by atoms with E-state index in [2.05, 4.69) is 0 Å². The molecule has 0 saturated carbocycles. The van der Waals surface area contributed by atoms with Crippen LogP contribution in [0.3, 0.4) is 0 Å². The molecule has 0 aliphatic carbocycles. The molecule has 0 aromatic heterocycles. The van der Waals surface area contributed by atoms with Crippen molar-refractivity contribution in [1.29, 1.82) is 0 Å². The number of alkyl halides is 3. The van der Waals surface area contributed by atoms with Crippen LogP contribution >= 0.6 is 0 Å². The van der Waals surface area contributed by atoms with E-state index in [0.29, 0.717) is 23.1 Å². The van der Waals surface area contributed by atoms with Crippen LogP contribution in [0.4, 0.5) is 13.2 Å². The zero-order valence-electron chi connectivity index (χ0n) is 11.2. The summed E-state index contributed by atoms with van der Waals surface area (Å²) in [6.07, 6.45) is -4.74. The number of hydrogen-bond acceptors (Lipinski definition) is 2. The van der Waals surface area contributed by atoms with E-state index in [-0.39, 0.29) is 5.56 Å². The Labute approximate surface area is 114 Å². The molecule has 0 fully saturated rings. The molecule has 2 aromatic carbocycles. The average molecular weight is 284 g/mol. The molecule has 108 valence electrons. The highest BCUT2D eigenvalue weighted by Crippen LogP contribution is 2.41. The molecule has 1 atom stereocenters. The molecule has 0 aliphatic heterocycles. The van der Waals surface area contributed by atoms with Crippen LogP contribution in [-0.4, -0.2) is 17.9 Å². The van der Waals surface area contributed by atoms with Gasteiger partial charge in [0.2, 0.25) is 0 Å². The van der Waals surface area contributed by atoms with Gasteiger partial charge in [-0.2, -0.15) is 13.2 Å². The number of benzene rings is 2. The smallest absolute Gasteiger partial charge is 0.421 e. The highest BCUT2D eigenvalue weighted by atomic mass is 19.4. The van der Waals surface area contributed by atoms with E-state index in [1.807, 2.05) is 6.92 Å². The Balaban J connectivity index is 2.61. The van der Waals surface area contributed by atoms with E-state index in [9.17, 15) is 18.3 Å². The molecule has 1 N–H and O–H groups in total. The summed E-state index contributed by atoms with van der Waals surface area (Å²) in [7, 11) is 0. The highest BCUT2D eigenvalue weighted by Gasteiger charge is 2.51. The molecule has 2 aromatic rings. The van der Waals surface area contributed by atoms with Gasteiger partial charge in [0, 0.05) is 5.56 Å². The summed E-state index contributed by atoms with van der Waals surface area (Å²) in [6.45, 7) is 3.07. The molecule has 20 heavy (non-hydrogen) atoms. The van der Waals surface area contributed by atoms with Crippen molar-refractivity contribution in [1.82, 2.24) is 0 Å². The molecule has 2 rings (SSSR count). The number of hydrogen-bond donors (Lipinski definition) is 1. The largest absolute Gasteiger partial charge is 0.494 e. The van der Waals surface area contributed by atoms with Gasteiger partial charge < -0.3 is 9.84 Å². The van der Waals surface area contributed by atoms with Gasteiger partial charge in [-0.3, -0.25) is 0 Å². The summed E-state index contributed by atoms with van der Waals surface area (Å²) < 4.78 is 44.2. The van der Waals surface area contributed by atoms with E-state index in [1.165, 1.54) is 18.2 Å². The third-order valence-corrected chi connectivity index (χ3v) is 3.24. The van der Waals surface area contributed by atoms with Crippen molar-refractivity contribution in [3.63, 3.8) is 0 Å². The van der Waals surface area contributed by atoms with Gasteiger partial charge in [-0.15, -0.1) is 0 Å². The van der Waals surface area contributed by atoms with Crippen LogP contribution in [0.15, 0.2) is 36.4 Å². The van der Waals surface area contributed by atoms with Gasteiger partial charge in [-0.25, -0.2) is 0 Å². The van der Waals surface area contributed by atoms with Crippen LogP contribution in [0.25, 0.3) is 10.8 Å². The Morgan fingerprint density at radius 1 is 1.15 bits per heavy atom. The predicted molar refractivity (Wildman–Crippen MR) is 70.7 cm³/mol. The number of fused-ring (bicyclic) bond motifs is 1. The Morgan fingerprint density at radius 3 is 2.45 bits per heavy atom. The Hall–Kier alpha value is -1.75. The van der Waals surface area contributed by atoms with Crippen molar-refractivity contribution in [3.05, 3.63) is 42.0 Å². The SMILES string of the molecule is CCOc1ccc2c(C(C)(O)C(F)(F)F)cccc2c1. The zero-order valence-corrected chi connectivity index (χ0v) is 11.2. The molecular weight excluding hydrogens is 269 g/mol. The topological polar surface area (TPSA) is 29.5 Å². The second-order valence-electron chi connectivity index (χ2n) is 4.69. The molecule has 2 nitrogen and oxygen atoms in total. The maximum atomic E-state index is 13.0. The fourth-order valence-electron chi connectivity index (χ4n) is 2.10. The molecule has 0 heterocycles. The molecule has 0 radical (unpaired) electrons. The molecule has 1 unspecified atom stereocenters. The van der Waals surface area contributed by atoms with Gasteiger partial charge in [0.05, 0.1) is 6.61 Å². The van der Waals surface area contributed by atoms with Crippen molar-refractivity contribution in [3.8, 4) is 5.75 Å².